The number of rotatable bonds is 4. The molecular weight excluding hydrogens is 382 g/mol. The van der Waals surface area contributed by atoms with Gasteiger partial charge in [-0.1, -0.05) is 60.7 Å². The van der Waals surface area contributed by atoms with Gasteiger partial charge in [0.15, 0.2) is 0 Å². The van der Waals surface area contributed by atoms with Gasteiger partial charge in [0, 0.05) is 23.3 Å². The van der Waals surface area contributed by atoms with Crippen LogP contribution in [0.2, 0.25) is 0 Å². The molecule has 0 fully saturated rings. The summed E-state index contributed by atoms with van der Waals surface area (Å²) in [6, 6.07) is 25.8. The molecule has 2 heterocycles. The second kappa shape index (κ2) is 6.76. The third-order valence-electron chi connectivity index (χ3n) is 4.85. The van der Waals surface area contributed by atoms with E-state index in [2.05, 4.69) is 9.71 Å². The molecule has 1 N–H and O–H groups in total. The Hall–Kier alpha value is -3.64. The summed E-state index contributed by atoms with van der Waals surface area (Å²) in [6.07, 6.45) is 3.80. The van der Waals surface area contributed by atoms with Gasteiger partial charge in [0.25, 0.3) is 10.0 Å². The van der Waals surface area contributed by atoms with E-state index in [1.165, 1.54) is 0 Å². The van der Waals surface area contributed by atoms with Crippen molar-refractivity contribution in [1.82, 2.24) is 9.38 Å². The lowest BCUT2D eigenvalue weighted by Crippen LogP contribution is -2.14. The molecule has 0 aliphatic heterocycles. The number of para-hydroxylation sites is 1. The summed E-state index contributed by atoms with van der Waals surface area (Å²) >= 11 is 0. The highest BCUT2D eigenvalue weighted by atomic mass is 32.2. The summed E-state index contributed by atoms with van der Waals surface area (Å²) in [5, 5.41) is 1.57. The van der Waals surface area contributed by atoms with Crippen molar-refractivity contribution >= 4 is 32.1 Å². The Bertz CT molecular complexity index is 1420. The monoisotopic (exact) mass is 399 g/mol. The first-order valence-electron chi connectivity index (χ1n) is 9.15. The summed E-state index contributed by atoms with van der Waals surface area (Å²) in [5.74, 6) is 0. The minimum Gasteiger partial charge on any atom is -0.306 e. The number of hydrogen-bond donors (Lipinski definition) is 1. The number of imidazole rings is 1. The van der Waals surface area contributed by atoms with Crippen LogP contribution in [-0.4, -0.2) is 17.8 Å². The Morgan fingerprint density at radius 3 is 2.45 bits per heavy atom. The summed E-state index contributed by atoms with van der Waals surface area (Å²) in [4.78, 5) is 4.87. The Labute approximate surface area is 168 Å². The van der Waals surface area contributed by atoms with Crippen molar-refractivity contribution in [2.45, 2.75) is 4.90 Å². The van der Waals surface area contributed by atoms with Crippen molar-refractivity contribution in [3.8, 4) is 11.3 Å². The molecule has 6 heteroatoms. The van der Waals surface area contributed by atoms with Gasteiger partial charge < -0.3 is 4.40 Å². The van der Waals surface area contributed by atoms with Crippen LogP contribution >= 0.6 is 0 Å². The van der Waals surface area contributed by atoms with Crippen LogP contribution < -0.4 is 4.72 Å². The Morgan fingerprint density at radius 2 is 1.55 bits per heavy atom. The topological polar surface area (TPSA) is 63.5 Å². The Balaban J connectivity index is 1.60. The number of nitrogens with zero attached hydrogens (tertiary/aromatic N) is 2. The zero-order valence-electron chi connectivity index (χ0n) is 15.4. The SMILES string of the molecule is O=S(=O)(Nc1ccccc1-c1cn2ccccc2n1)c1cccc2ccccc12. The molecule has 0 atom stereocenters. The highest BCUT2D eigenvalue weighted by molar-refractivity contribution is 7.93. The third-order valence-corrected chi connectivity index (χ3v) is 6.27. The first kappa shape index (κ1) is 17.5. The lowest BCUT2D eigenvalue weighted by molar-refractivity contribution is 0.602. The van der Waals surface area contributed by atoms with Crippen molar-refractivity contribution in [3.05, 3.63) is 97.3 Å². The standard InChI is InChI=1S/C23H17N3O2S/c27-29(28,22-13-7-9-17-8-1-2-10-18(17)22)25-20-12-4-3-11-19(20)21-16-26-15-6-5-14-23(26)24-21/h1-16,25H. The van der Waals surface area contributed by atoms with Crippen LogP contribution in [0.15, 0.2) is 102 Å². The molecule has 0 unspecified atom stereocenters. The first-order valence-corrected chi connectivity index (χ1v) is 10.6. The Kier molecular flexibility index (Phi) is 4.07. The van der Waals surface area contributed by atoms with Gasteiger partial charge in [0.1, 0.15) is 5.65 Å². The first-order chi connectivity index (χ1) is 14.1. The molecule has 0 radical (unpaired) electrons. The number of sulfonamides is 1. The molecule has 2 aromatic heterocycles. The number of pyridine rings is 1. The van der Waals surface area contributed by atoms with Crippen LogP contribution in [0.5, 0.6) is 0 Å². The van der Waals surface area contributed by atoms with E-state index in [4.69, 9.17) is 0 Å². The molecule has 0 amide bonds. The summed E-state index contributed by atoms with van der Waals surface area (Å²) < 4.78 is 31.1. The maximum Gasteiger partial charge on any atom is 0.262 e. The molecule has 0 saturated heterocycles. The minimum absolute atomic E-state index is 0.250. The average Bonchev–Trinajstić information content (AvgIpc) is 3.17. The number of benzene rings is 3. The van der Waals surface area contributed by atoms with E-state index in [9.17, 15) is 8.42 Å². The molecule has 3 aromatic carbocycles. The van der Waals surface area contributed by atoms with E-state index in [1.54, 1.807) is 24.3 Å². The van der Waals surface area contributed by atoms with E-state index in [0.29, 0.717) is 16.8 Å². The molecule has 0 aliphatic carbocycles. The molecule has 5 aromatic rings. The highest BCUT2D eigenvalue weighted by Gasteiger charge is 2.19. The second-order valence-electron chi connectivity index (χ2n) is 6.72. The molecule has 0 aliphatic rings. The van der Waals surface area contributed by atoms with Crippen LogP contribution in [0.3, 0.4) is 0 Å². The van der Waals surface area contributed by atoms with Gasteiger partial charge in [-0.25, -0.2) is 13.4 Å². The lowest BCUT2D eigenvalue weighted by Gasteiger charge is -2.13. The van der Waals surface area contributed by atoms with Crippen LogP contribution in [0.1, 0.15) is 0 Å². The quantitative estimate of drug-likeness (QED) is 0.465. The van der Waals surface area contributed by atoms with Crippen molar-refractivity contribution in [2.24, 2.45) is 0 Å². The third kappa shape index (κ3) is 3.13. The van der Waals surface area contributed by atoms with Gasteiger partial charge in [-0.3, -0.25) is 4.72 Å². The molecule has 0 saturated carbocycles. The van der Waals surface area contributed by atoms with Gasteiger partial charge in [0.2, 0.25) is 0 Å². The summed E-state index contributed by atoms with van der Waals surface area (Å²) in [5.41, 5.74) is 2.71. The fourth-order valence-corrected chi connectivity index (χ4v) is 4.80. The molecule has 0 bridgehead atoms. The number of nitrogens with one attached hydrogen (secondary N) is 1. The van der Waals surface area contributed by atoms with Crippen molar-refractivity contribution < 1.29 is 8.42 Å². The molecule has 0 spiro atoms. The summed E-state index contributed by atoms with van der Waals surface area (Å²) in [6.45, 7) is 0. The maximum atomic E-state index is 13.2. The predicted octanol–water partition coefficient (Wildman–Crippen LogP) is 4.96. The number of aromatic nitrogens is 2. The Morgan fingerprint density at radius 1 is 0.793 bits per heavy atom. The highest BCUT2D eigenvalue weighted by Crippen LogP contribution is 2.31. The molecule has 142 valence electrons. The van der Waals surface area contributed by atoms with E-state index >= 15 is 0 Å². The molecular formula is C23H17N3O2S. The van der Waals surface area contributed by atoms with Crippen LogP contribution in [0.4, 0.5) is 5.69 Å². The maximum absolute atomic E-state index is 13.2. The molecule has 5 nitrogen and oxygen atoms in total. The van der Waals surface area contributed by atoms with Gasteiger partial charge in [-0.2, -0.15) is 0 Å². The smallest absolute Gasteiger partial charge is 0.262 e. The fourth-order valence-electron chi connectivity index (χ4n) is 3.49. The van der Waals surface area contributed by atoms with Crippen LogP contribution in [0, 0.1) is 0 Å². The summed E-state index contributed by atoms with van der Waals surface area (Å²) in [7, 11) is -3.79. The fraction of sp³-hybridized carbons (Fsp3) is 0. The molecule has 5 rings (SSSR count). The lowest BCUT2D eigenvalue weighted by atomic mass is 10.1. The van der Waals surface area contributed by atoms with E-state index in [-0.39, 0.29) is 4.90 Å². The van der Waals surface area contributed by atoms with Gasteiger partial charge in [0.05, 0.1) is 16.3 Å². The largest absolute Gasteiger partial charge is 0.306 e. The molecule has 29 heavy (non-hydrogen) atoms. The van der Waals surface area contributed by atoms with Crippen molar-refractivity contribution in [3.63, 3.8) is 0 Å². The normalized spacial score (nSPS) is 11.7. The second-order valence-corrected chi connectivity index (χ2v) is 8.37. The van der Waals surface area contributed by atoms with E-state index in [1.807, 2.05) is 77.5 Å². The zero-order chi connectivity index (χ0) is 19.8. The van der Waals surface area contributed by atoms with Crippen LogP contribution in [-0.2, 0) is 10.0 Å². The van der Waals surface area contributed by atoms with Crippen molar-refractivity contribution in [2.75, 3.05) is 4.72 Å². The number of anilines is 1. The van der Waals surface area contributed by atoms with Gasteiger partial charge in [-0.05, 0) is 29.7 Å². The van der Waals surface area contributed by atoms with Gasteiger partial charge in [-0.15, -0.1) is 0 Å². The minimum atomic E-state index is -3.79. The van der Waals surface area contributed by atoms with Crippen molar-refractivity contribution in [1.29, 1.82) is 0 Å². The van der Waals surface area contributed by atoms with E-state index < -0.39 is 10.0 Å². The number of hydrogen-bond acceptors (Lipinski definition) is 3. The van der Waals surface area contributed by atoms with E-state index in [0.717, 1.165) is 16.6 Å². The number of fused-ring (bicyclic) bond motifs is 2. The van der Waals surface area contributed by atoms with Gasteiger partial charge >= 0.3 is 0 Å². The zero-order valence-corrected chi connectivity index (χ0v) is 16.2. The predicted molar refractivity (Wildman–Crippen MR) is 115 cm³/mol. The van der Waals surface area contributed by atoms with Crippen LogP contribution in [0.25, 0.3) is 27.7 Å². The average molecular weight is 399 g/mol.